The first kappa shape index (κ1) is 43.4. The van der Waals surface area contributed by atoms with Crippen LogP contribution in [0, 0.1) is 34.5 Å². The maximum absolute atomic E-state index is 13.6. The molecule has 6 aliphatic rings. The number of Topliss-reactive ketones (excluding diaryl/α,β-unsaturated/α-hetero) is 1. The van der Waals surface area contributed by atoms with E-state index in [1.165, 1.54) is 44.1 Å². The van der Waals surface area contributed by atoms with Gasteiger partial charge in [-0.2, -0.15) is 5.26 Å². The number of hydrogen-bond donors (Lipinski definition) is 1. The minimum Gasteiger partial charge on any atom is -0.368 e. The molecule has 3 unspecified atom stereocenters. The van der Waals surface area contributed by atoms with Crippen molar-refractivity contribution in [2.75, 3.05) is 37.6 Å². The molecule has 12 heteroatoms. The van der Waals surface area contributed by atoms with Crippen LogP contribution in [-0.2, 0) is 29.1 Å². The van der Waals surface area contributed by atoms with E-state index in [0.29, 0.717) is 52.2 Å². The summed E-state index contributed by atoms with van der Waals surface area (Å²) in [7, 11) is 0. The topological polar surface area (TPSA) is 134 Å². The van der Waals surface area contributed by atoms with Crippen molar-refractivity contribution in [3.63, 3.8) is 0 Å². The summed E-state index contributed by atoms with van der Waals surface area (Å²) >= 11 is 6.43. The minimum atomic E-state index is -0.957. The lowest BCUT2D eigenvalue weighted by atomic mass is 9.68. The number of halogens is 1. The molecule has 9 rings (SSSR count). The van der Waals surface area contributed by atoms with E-state index < -0.39 is 23.8 Å². The van der Waals surface area contributed by atoms with Crippen molar-refractivity contribution < 1.29 is 24.0 Å². The highest BCUT2D eigenvalue weighted by Gasteiger charge is 2.47. The number of benzene rings is 3. The summed E-state index contributed by atoms with van der Waals surface area (Å²) in [6.45, 7) is 10.5. The molecule has 4 fully saturated rings. The zero-order valence-electron chi connectivity index (χ0n) is 36.7. The van der Waals surface area contributed by atoms with Gasteiger partial charge in [-0.15, -0.1) is 0 Å². The molecular formula is C51H59ClN6O5. The average Bonchev–Trinajstić information content (AvgIpc) is 3.93. The lowest BCUT2D eigenvalue weighted by Gasteiger charge is -2.37. The third-order valence-electron chi connectivity index (χ3n) is 15.5. The lowest BCUT2D eigenvalue weighted by molar-refractivity contribution is -0.136. The Labute approximate surface area is 376 Å². The number of likely N-dealkylation sites (tertiary alicyclic amines) is 1. The van der Waals surface area contributed by atoms with Gasteiger partial charge in [-0.3, -0.25) is 39.1 Å². The van der Waals surface area contributed by atoms with Crippen LogP contribution in [0.2, 0.25) is 5.02 Å². The Hall–Kier alpha value is -4.89. The second-order valence-corrected chi connectivity index (χ2v) is 20.0. The first-order valence-corrected chi connectivity index (χ1v) is 23.7. The van der Waals surface area contributed by atoms with Crippen LogP contribution < -0.4 is 10.2 Å². The SMILES string of the molecule is CCC1CC2(CCC(CCc3ccc(C(=O)C(C)CN4CCC(CN5Cc6cc7c(cc6C5)C(=O)N(C5CCC(=O)NC5=O)C7=O)CC4)cc3)CC2)CN1c1ccc(C#N)c(Cl)c1. The van der Waals surface area contributed by atoms with Gasteiger partial charge in [0.1, 0.15) is 12.1 Å². The number of rotatable bonds is 12. The second kappa shape index (κ2) is 17.9. The van der Waals surface area contributed by atoms with Gasteiger partial charge in [0.15, 0.2) is 5.78 Å². The monoisotopic (exact) mass is 870 g/mol. The molecule has 63 heavy (non-hydrogen) atoms. The number of imide groups is 2. The fourth-order valence-electron chi connectivity index (χ4n) is 11.8. The van der Waals surface area contributed by atoms with Gasteiger partial charge in [0, 0.05) is 62.4 Å². The van der Waals surface area contributed by atoms with Crippen molar-refractivity contribution in [2.24, 2.45) is 23.2 Å². The van der Waals surface area contributed by atoms with Gasteiger partial charge in [0.05, 0.1) is 21.7 Å². The summed E-state index contributed by atoms with van der Waals surface area (Å²) in [5.41, 5.74) is 6.92. The van der Waals surface area contributed by atoms with E-state index in [1.807, 2.05) is 36.4 Å². The van der Waals surface area contributed by atoms with Gasteiger partial charge < -0.3 is 9.80 Å². The molecule has 3 atom stereocenters. The van der Waals surface area contributed by atoms with Crippen molar-refractivity contribution in [3.05, 3.63) is 98.6 Å². The number of aryl methyl sites for hydroxylation is 1. The van der Waals surface area contributed by atoms with E-state index in [0.717, 1.165) is 91.6 Å². The van der Waals surface area contributed by atoms with Gasteiger partial charge in [0.25, 0.3) is 11.8 Å². The van der Waals surface area contributed by atoms with Gasteiger partial charge in [-0.05, 0) is 148 Å². The maximum Gasteiger partial charge on any atom is 0.262 e. The Morgan fingerprint density at radius 3 is 2.19 bits per heavy atom. The number of nitrogens with zero attached hydrogens (tertiary/aromatic N) is 5. The van der Waals surface area contributed by atoms with E-state index in [4.69, 9.17) is 11.6 Å². The van der Waals surface area contributed by atoms with Crippen LogP contribution in [0.3, 0.4) is 0 Å². The summed E-state index contributed by atoms with van der Waals surface area (Å²) in [6, 6.07) is 19.7. The molecule has 0 aromatic heterocycles. The van der Waals surface area contributed by atoms with Crippen molar-refractivity contribution in [1.82, 2.24) is 20.0 Å². The molecule has 4 amide bonds. The molecule has 1 N–H and O–H groups in total. The number of ketones is 1. The Kier molecular flexibility index (Phi) is 12.3. The molecule has 11 nitrogen and oxygen atoms in total. The third-order valence-corrected chi connectivity index (χ3v) is 15.8. The summed E-state index contributed by atoms with van der Waals surface area (Å²) in [5.74, 6) is -0.510. The van der Waals surface area contributed by atoms with Gasteiger partial charge in [0.2, 0.25) is 11.8 Å². The van der Waals surface area contributed by atoms with Crippen LogP contribution >= 0.6 is 11.6 Å². The molecule has 1 spiro atoms. The fraction of sp³-hybridized carbons (Fsp3) is 0.529. The first-order chi connectivity index (χ1) is 30.4. The van der Waals surface area contributed by atoms with E-state index >= 15 is 0 Å². The van der Waals surface area contributed by atoms with E-state index in [1.54, 1.807) is 0 Å². The van der Waals surface area contributed by atoms with Crippen LogP contribution in [0.5, 0.6) is 0 Å². The molecule has 1 saturated carbocycles. The Morgan fingerprint density at radius 1 is 0.889 bits per heavy atom. The van der Waals surface area contributed by atoms with Gasteiger partial charge >= 0.3 is 0 Å². The molecule has 0 bridgehead atoms. The van der Waals surface area contributed by atoms with Crippen LogP contribution in [0.25, 0.3) is 0 Å². The van der Waals surface area contributed by atoms with E-state index in [-0.39, 0.29) is 30.4 Å². The molecule has 1 aliphatic carbocycles. The first-order valence-electron chi connectivity index (χ1n) is 23.3. The highest BCUT2D eigenvalue weighted by molar-refractivity contribution is 6.32. The Balaban J connectivity index is 0.692. The molecule has 0 radical (unpaired) electrons. The summed E-state index contributed by atoms with van der Waals surface area (Å²) in [4.78, 5) is 72.8. The number of amides is 4. The standard InChI is InChI=1S/C51H59ClN6O5/c1-3-40-25-51(31-57(40)41-11-10-37(26-53)44(52)24-41)18-14-34(15-19-51)5-4-33-6-8-36(9-7-33)47(60)32(2)27-55-20-16-35(17-21-55)28-56-29-38-22-42-43(23-39(38)30-56)50(63)58(49(42)62)45-12-13-46(59)54-48(45)61/h6-11,22-24,32,34-35,40,45H,3-5,12-21,25,27-31H2,1-2H3,(H,54,59,61). The molecule has 3 aromatic rings. The molecule has 330 valence electrons. The number of fused-ring (bicyclic) bond motifs is 2. The average molecular weight is 872 g/mol. The van der Waals surface area contributed by atoms with Crippen LogP contribution in [0.15, 0.2) is 54.6 Å². The number of nitriles is 1. The van der Waals surface area contributed by atoms with Crippen molar-refractivity contribution in [2.45, 2.75) is 116 Å². The quantitative estimate of drug-likeness (QED) is 0.142. The third kappa shape index (κ3) is 8.84. The normalized spacial score (nSPS) is 26.0. The van der Waals surface area contributed by atoms with Crippen molar-refractivity contribution in [3.8, 4) is 6.07 Å². The molecule has 5 heterocycles. The fourth-order valence-corrected chi connectivity index (χ4v) is 12.0. The highest BCUT2D eigenvalue weighted by Crippen LogP contribution is 2.50. The summed E-state index contributed by atoms with van der Waals surface area (Å²) in [6.07, 6.45) is 12.0. The number of anilines is 1. The molecule has 3 saturated heterocycles. The predicted octanol–water partition coefficient (Wildman–Crippen LogP) is 7.96. The van der Waals surface area contributed by atoms with Gasteiger partial charge in [-0.25, -0.2) is 0 Å². The van der Waals surface area contributed by atoms with E-state index in [2.05, 4.69) is 58.1 Å². The predicted molar refractivity (Wildman–Crippen MR) is 241 cm³/mol. The zero-order valence-corrected chi connectivity index (χ0v) is 37.4. The molecular weight excluding hydrogens is 812 g/mol. The van der Waals surface area contributed by atoms with Crippen molar-refractivity contribution >= 4 is 46.7 Å². The molecule has 3 aromatic carbocycles. The highest BCUT2D eigenvalue weighted by atomic mass is 35.5. The largest absolute Gasteiger partial charge is 0.368 e. The van der Waals surface area contributed by atoms with Crippen LogP contribution in [-0.4, -0.2) is 88.9 Å². The number of nitrogens with one attached hydrogen (secondary N) is 1. The maximum atomic E-state index is 13.6. The minimum absolute atomic E-state index is 0.0824. The summed E-state index contributed by atoms with van der Waals surface area (Å²) in [5, 5.41) is 12.1. The summed E-state index contributed by atoms with van der Waals surface area (Å²) < 4.78 is 0. The van der Waals surface area contributed by atoms with Gasteiger partial charge in [-0.1, -0.05) is 49.7 Å². The number of carbonyl (C=O) groups excluding carboxylic acids is 5. The number of carbonyl (C=O) groups is 5. The van der Waals surface area contributed by atoms with Crippen LogP contribution in [0.4, 0.5) is 5.69 Å². The van der Waals surface area contributed by atoms with Crippen molar-refractivity contribution in [1.29, 1.82) is 5.26 Å². The smallest absolute Gasteiger partial charge is 0.262 e. The number of hydrogen-bond acceptors (Lipinski definition) is 9. The Bertz CT molecular complexity index is 2300. The molecule has 5 aliphatic heterocycles. The second-order valence-electron chi connectivity index (χ2n) is 19.6. The zero-order chi connectivity index (χ0) is 44.0. The lowest BCUT2D eigenvalue weighted by Crippen LogP contribution is -2.54. The Morgan fingerprint density at radius 2 is 1.57 bits per heavy atom. The van der Waals surface area contributed by atoms with Crippen LogP contribution in [0.1, 0.15) is 138 Å². The number of piperidine rings is 2. The van der Waals surface area contributed by atoms with E-state index in [9.17, 15) is 29.2 Å².